The van der Waals surface area contributed by atoms with Crippen molar-refractivity contribution in [1.29, 1.82) is 0 Å². The summed E-state index contributed by atoms with van der Waals surface area (Å²) in [5.41, 5.74) is 1.07. The summed E-state index contributed by atoms with van der Waals surface area (Å²) in [4.78, 5) is 16.2. The molecule has 2 aliphatic heterocycles. The number of methoxy groups -OCH3 is 2. The largest absolute Gasteiger partial charge is 0.496 e. The molecule has 2 heterocycles. The van der Waals surface area contributed by atoms with E-state index in [2.05, 4.69) is 4.90 Å². The number of ether oxygens (including phenoxy) is 4. The maximum absolute atomic E-state index is 12.0. The summed E-state index contributed by atoms with van der Waals surface area (Å²) in [5.74, 6) is 2.37. The zero-order valence-corrected chi connectivity index (χ0v) is 15.0. The Balaban J connectivity index is 1.67. The molecule has 1 aromatic carbocycles. The van der Waals surface area contributed by atoms with Crippen LogP contribution in [-0.2, 0) is 16.1 Å². The number of fused-ring (bicyclic) bond motifs is 1. The van der Waals surface area contributed by atoms with E-state index in [-0.39, 0.29) is 12.5 Å². The highest BCUT2D eigenvalue weighted by molar-refractivity contribution is 5.77. The molecule has 0 aromatic heterocycles. The summed E-state index contributed by atoms with van der Waals surface area (Å²) < 4.78 is 21.8. The second-order valence-corrected chi connectivity index (χ2v) is 6.25. The Labute approximate surface area is 148 Å². The zero-order valence-electron chi connectivity index (χ0n) is 15.0. The van der Waals surface area contributed by atoms with Crippen LogP contribution in [0, 0.1) is 0 Å². The minimum absolute atomic E-state index is 0.0567. The second kappa shape index (κ2) is 8.40. The average Bonchev–Trinajstić information content (AvgIpc) is 2.87. The molecule has 2 aliphatic rings. The van der Waals surface area contributed by atoms with Gasteiger partial charge in [0.15, 0.2) is 11.5 Å². The number of hydrogen-bond donors (Lipinski definition) is 0. The van der Waals surface area contributed by atoms with Crippen molar-refractivity contribution >= 4 is 5.91 Å². The van der Waals surface area contributed by atoms with Crippen molar-refractivity contribution in [2.24, 2.45) is 0 Å². The molecule has 0 spiro atoms. The monoisotopic (exact) mass is 350 g/mol. The highest BCUT2D eigenvalue weighted by Crippen LogP contribution is 2.37. The molecule has 1 aromatic rings. The van der Waals surface area contributed by atoms with Crippen LogP contribution in [0.5, 0.6) is 17.2 Å². The van der Waals surface area contributed by atoms with Gasteiger partial charge in [-0.1, -0.05) is 0 Å². The van der Waals surface area contributed by atoms with Gasteiger partial charge in [0.05, 0.1) is 7.11 Å². The third kappa shape index (κ3) is 4.35. The van der Waals surface area contributed by atoms with Crippen LogP contribution in [0.15, 0.2) is 12.1 Å². The lowest BCUT2D eigenvalue weighted by Crippen LogP contribution is -2.37. The van der Waals surface area contributed by atoms with Gasteiger partial charge in [-0.25, -0.2) is 0 Å². The van der Waals surface area contributed by atoms with E-state index in [1.165, 1.54) is 0 Å². The summed E-state index contributed by atoms with van der Waals surface area (Å²) in [6, 6.07) is 3.90. The fraction of sp³-hybridized carbons (Fsp3) is 0.611. The number of hydrogen-bond acceptors (Lipinski definition) is 6. The van der Waals surface area contributed by atoms with Crippen molar-refractivity contribution in [3.05, 3.63) is 17.7 Å². The molecule has 0 N–H and O–H groups in total. The van der Waals surface area contributed by atoms with Gasteiger partial charge in [-0.3, -0.25) is 9.69 Å². The maximum Gasteiger partial charge on any atom is 0.248 e. The molecule has 138 valence electrons. The van der Waals surface area contributed by atoms with Gasteiger partial charge >= 0.3 is 0 Å². The van der Waals surface area contributed by atoms with Gasteiger partial charge in [0.2, 0.25) is 5.91 Å². The van der Waals surface area contributed by atoms with Crippen molar-refractivity contribution in [3.8, 4) is 17.2 Å². The van der Waals surface area contributed by atoms with E-state index in [0.29, 0.717) is 13.2 Å². The van der Waals surface area contributed by atoms with E-state index >= 15 is 0 Å². The molecule has 1 fully saturated rings. The van der Waals surface area contributed by atoms with Crippen molar-refractivity contribution in [3.63, 3.8) is 0 Å². The van der Waals surface area contributed by atoms with E-state index in [1.807, 2.05) is 17.0 Å². The number of rotatable bonds is 5. The van der Waals surface area contributed by atoms with E-state index < -0.39 is 0 Å². The lowest BCUT2D eigenvalue weighted by atomic mass is 10.1. The quantitative estimate of drug-likeness (QED) is 0.794. The van der Waals surface area contributed by atoms with Crippen LogP contribution in [0.25, 0.3) is 0 Å². The Bertz CT molecular complexity index is 607. The molecule has 25 heavy (non-hydrogen) atoms. The van der Waals surface area contributed by atoms with Crippen LogP contribution in [0.4, 0.5) is 0 Å². The Morgan fingerprint density at radius 3 is 2.56 bits per heavy atom. The summed E-state index contributed by atoms with van der Waals surface area (Å²) in [7, 11) is 3.22. The Morgan fingerprint density at radius 1 is 1.08 bits per heavy atom. The molecule has 0 aliphatic carbocycles. The lowest BCUT2D eigenvalue weighted by molar-refractivity contribution is -0.135. The molecular formula is C18H26N2O5. The third-order valence-electron chi connectivity index (χ3n) is 4.55. The molecule has 3 rings (SSSR count). The molecule has 7 heteroatoms. The number of carbonyl (C=O) groups excluding carboxylic acids is 1. The minimum atomic E-state index is 0.0567. The highest BCUT2D eigenvalue weighted by atomic mass is 16.6. The maximum atomic E-state index is 12.0. The fourth-order valence-corrected chi connectivity index (χ4v) is 3.26. The Kier molecular flexibility index (Phi) is 5.99. The molecule has 0 unspecified atom stereocenters. The molecule has 0 bridgehead atoms. The van der Waals surface area contributed by atoms with Crippen LogP contribution in [0.3, 0.4) is 0 Å². The van der Waals surface area contributed by atoms with E-state index in [0.717, 1.165) is 62.0 Å². The second-order valence-electron chi connectivity index (χ2n) is 6.25. The fourth-order valence-electron chi connectivity index (χ4n) is 3.26. The molecule has 0 saturated carbocycles. The standard InChI is InChI=1S/C18H26N2O5/c1-22-13-18(21)20-5-3-4-19(6-7-20)12-14-10-16-17(11-15(14)23-2)25-9-8-24-16/h10-11H,3-9,12-13H2,1-2H3. The van der Waals surface area contributed by atoms with Crippen LogP contribution in [0.1, 0.15) is 12.0 Å². The lowest BCUT2D eigenvalue weighted by Gasteiger charge is -2.24. The normalized spacial score (nSPS) is 17.9. The van der Waals surface area contributed by atoms with Gasteiger partial charge in [0.25, 0.3) is 0 Å². The van der Waals surface area contributed by atoms with Crippen LogP contribution >= 0.6 is 0 Å². The average molecular weight is 350 g/mol. The molecular weight excluding hydrogens is 324 g/mol. The summed E-state index contributed by atoms with van der Waals surface area (Å²) in [6.45, 7) is 5.29. The van der Waals surface area contributed by atoms with Gasteiger partial charge in [0, 0.05) is 51.5 Å². The van der Waals surface area contributed by atoms with Crippen molar-refractivity contribution in [2.75, 3.05) is 60.2 Å². The first-order valence-corrected chi connectivity index (χ1v) is 8.67. The zero-order chi connectivity index (χ0) is 17.6. The van der Waals surface area contributed by atoms with E-state index in [4.69, 9.17) is 18.9 Å². The van der Waals surface area contributed by atoms with Crippen LogP contribution in [-0.4, -0.2) is 75.9 Å². The van der Waals surface area contributed by atoms with Crippen molar-refractivity contribution in [2.45, 2.75) is 13.0 Å². The van der Waals surface area contributed by atoms with Crippen molar-refractivity contribution in [1.82, 2.24) is 9.80 Å². The predicted molar refractivity (Wildman–Crippen MR) is 92.3 cm³/mol. The van der Waals surface area contributed by atoms with Gasteiger partial charge in [-0.2, -0.15) is 0 Å². The van der Waals surface area contributed by atoms with Crippen LogP contribution in [0.2, 0.25) is 0 Å². The summed E-state index contributed by atoms with van der Waals surface area (Å²) in [5, 5.41) is 0. The highest BCUT2D eigenvalue weighted by Gasteiger charge is 2.21. The van der Waals surface area contributed by atoms with E-state index in [9.17, 15) is 4.79 Å². The first kappa shape index (κ1) is 17.8. The molecule has 1 amide bonds. The minimum Gasteiger partial charge on any atom is -0.496 e. The molecule has 7 nitrogen and oxygen atoms in total. The smallest absolute Gasteiger partial charge is 0.248 e. The predicted octanol–water partition coefficient (Wildman–Crippen LogP) is 1.15. The third-order valence-corrected chi connectivity index (χ3v) is 4.55. The van der Waals surface area contributed by atoms with Gasteiger partial charge in [-0.05, 0) is 12.5 Å². The summed E-state index contributed by atoms with van der Waals surface area (Å²) >= 11 is 0. The number of nitrogens with zero attached hydrogens (tertiary/aromatic N) is 2. The topological polar surface area (TPSA) is 60.5 Å². The first-order chi connectivity index (χ1) is 12.2. The first-order valence-electron chi connectivity index (χ1n) is 8.67. The van der Waals surface area contributed by atoms with Crippen molar-refractivity contribution < 1.29 is 23.7 Å². The van der Waals surface area contributed by atoms with Gasteiger partial charge in [-0.15, -0.1) is 0 Å². The van der Waals surface area contributed by atoms with Crippen LogP contribution < -0.4 is 14.2 Å². The molecule has 1 saturated heterocycles. The number of amides is 1. The SMILES string of the molecule is COCC(=O)N1CCCN(Cc2cc3c(cc2OC)OCCO3)CC1. The number of carbonyl (C=O) groups is 1. The Morgan fingerprint density at radius 2 is 1.84 bits per heavy atom. The van der Waals surface area contributed by atoms with Gasteiger partial charge < -0.3 is 23.8 Å². The van der Waals surface area contributed by atoms with Gasteiger partial charge in [0.1, 0.15) is 25.6 Å². The Hall–Kier alpha value is -1.99. The van der Waals surface area contributed by atoms with E-state index in [1.54, 1.807) is 14.2 Å². The summed E-state index contributed by atoms with van der Waals surface area (Å²) in [6.07, 6.45) is 0.947. The molecule has 0 radical (unpaired) electrons. The molecule has 0 atom stereocenters. The number of benzene rings is 1.